The molecule has 4 rings (SSSR count). The average Bonchev–Trinajstić information content (AvgIpc) is 3.19. The summed E-state index contributed by atoms with van der Waals surface area (Å²) >= 11 is -2.30. The van der Waals surface area contributed by atoms with Crippen LogP contribution in [0.3, 0.4) is 0 Å². The molecule has 0 spiro atoms. The summed E-state index contributed by atoms with van der Waals surface area (Å²) in [7, 11) is -1.36. The van der Waals surface area contributed by atoms with Crippen molar-refractivity contribution in [3.05, 3.63) is 78.8 Å². The third-order valence-electron chi connectivity index (χ3n) is 7.93. The van der Waals surface area contributed by atoms with E-state index < -0.39 is 29.3 Å². The zero-order valence-electron chi connectivity index (χ0n) is 24.2. The summed E-state index contributed by atoms with van der Waals surface area (Å²) in [6, 6.07) is 14.6. The first-order valence-electron chi connectivity index (χ1n) is 12.9. The summed E-state index contributed by atoms with van der Waals surface area (Å²) in [5.41, 5.74) is 10.8. The molecule has 0 saturated carbocycles. The zero-order valence-corrected chi connectivity index (χ0v) is 29.1. The van der Waals surface area contributed by atoms with Gasteiger partial charge in [0.1, 0.15) is 0 Å². The van der Waals surface area contributed by atoms with Gasteiger partial charge in [-0.05, 0) is 0 Å². The third-order valence-corrected chi connectivity index (χ3v) is 17.1. The van der Waals surface area contributed by atoms with E-state index in [2.05, 4.69) is 118 Å². The summed E-state index contributed by atoms with van der Waals surface area (Å²) in [6.45, 7) is 26.4. The van der Waals surface area contributed by atoms with E-state index in [-0.39, 0.29) is 35.6 Å². The van der Waals surface area contributed by atoms with Crippen molar-refractivity contribution in [3.63, 3.8) is 0 Å². The van der Waals surface area contributed by atoms with E-state index in [1.165, 1.54) is 22.3 Å². The molecule has 0 bridgehead atoms. The van der Waals surface area contributed by atoms with Crippen LogP contribution in [0, 0.1) is 5.92 Å². The molecule has 0 amide bonds. The molecule has 0 aromatic heterocycles. The van der Waals surface area contributed by atoms with Gasteiger partial charge in [0.05, 0.1) is 0 Å². The zero-order chi connectivity index (χ0) is 25.4. The minimum atomic E-state index is -2.30. The molecule has 0 saturated heterocycles. The predicted octanol–water partition coefficient (Wildman–Crippen LogP) is 3.14. The minimum Gasteiger partial charge on any atom is -1.00 e. The Balaban J connectivity index is 0.00000228. The summed E-state index contributed by atoms with van der Waals surface area (Å²) in [5, 5.41) is 1.68. The van der Waals surface area contributed by atoms with Gasteiger partial charge in [0.25, 0.3) is 0 Å². The molecule has 2 aliphatic rings. The Kier molecular flexibility index (Phi) is 9.29. The molecule has 0 fully saturated rings. The quantitative estimate of drug-likeness (QED) is 0.464. The van der Waals surface area contributed by atoms with Gasteiger partial charge in [0.2, 0.25) is 0 Å². The Hall–Kier alpha value is -0.530. The van der Waals surface area contributed by atoms with Gasteiger partial charge in [-0.25, -0.2) is 0 Å². The molecule has 194 valence electrons. The first kappa shape index (κ1) is 31.7. The van der Waals surface area contributed by atoms with Gasteiger partial charge in [0.15, 0.2) is 0 Å². The molecular formula is C32H44Cl2SiZr. The predicted molar refractivity (Wildman–Crippen MR) is 152 cm³/mol. The van der Waals surface area contributed by atoms with Crippen LogP contribution in [-0.4, -0.2) is 12.3 Å². The van der Waals surface area contributed by atoms with Gasteiger partial charge in [-0.2, -0.15) is 0 Å². The number of benzene rings is 2. The minimum absolute atomic E-state index is 0. The van der Waals surface area contributed by atoms with Crippen LogP contribution >= 0.6 is 0 Å². The number of hydrogen-bond donors (Lipinski definition) is 0. The van der Waals surface area contributed by atoms with Crippen molar-refractivity contribution >= 4 is 12.3 Å². The van der Waals surface area contributed by atoms with E-state index >= 15 is 0 Å². The maximum Gasteiger partial charge on any atom is -1.00 e. The number of halogens is 2. The molecule has 0 nitrogen and oxygen atoms in total. The molecule has 0 radical (unpaired) electrons. The van der Waals surface area contributed by atoms with E-state index in [1.807, 2.05) is 0 Å². The van der Waals surface area contributed by atoms with Gasteiger partial charge in [-0.1, -0.05) is 0 Å². The van der Waals surface area contributed by atoms with Crippen molar-refractivity contribution in [2.45, 2.75) is 89.5 Å². The molecule has 2 aromatic carbocycles. The van der Waals surface area contributed by atoms with Gasteiger partial charge < -0.3 is 24.8 Å². The second-order valence-electron chi connectivity index (χ2n) is 13.7. The van der Waals surface area contributed by atoms with Crippen molar-refractivity contribution in [2.24, 2.45) is 5.92 Å². The van der Waals surface area contributed by atoms with Crippen LogP contribution in [0.25, 0.3) is 11.1 Å². The molecular weight excluding hydrogens is 575 g/mol. The van der Waals surface area contributed by atoms with E-state index in [1.54, 1.807) is 25.2 Å². The largest absolute Gasteiger partial charge is 1.00 e. The second-order valence-corrected chi connectivity index (χ2v) is 24.1. The van der Waals surface area contributed by atoms with E-state index in [0.29, 0.717) is 9.54 Å². The fraction of sp³-hybridized carbons (Fsp3) is 0.469. The van der Waals surface area contributed by atoms with E-state index in [4.69, 9.17) is 4.21 Å². The number of rotatable bonds is 3. The molecule has 4 heteroatoms. The fourth-order valence-corrected chi connectivity index (χ4v) is 15.3. The van der Waals surface area contributed by atoms with Crippen LogP contribution in [0.2, 0.25) is 19.6 Å². The van der Waals surface area contributed by atoms with Gasteiger partial charge in [-0.3, -0.25) is 0 Å². The van der Waals surface area contributed by atoms with E-state index in [9.17, 15) is 0 Å². The van der Waals surface area contributed by atoms with E-state index in [0.717, 1.165) is 0 Å². The summed E-state index contributed by atoms with van der Waals surface area (Å²) < 4.78 is 7.38. The molecule has 2 aliphatic carbocycles. The van der Waals surface area contributed by atoms with Gasteiger partial charge in [-0.15, -0.1) is 0 Å². The number of allylic oxidation sites excluding steroid dienone is 4. The van der Waals surface area contributed by atoms with Crippen LogP contribution < -0.4 is 24.8 Å². The van der Waals surface area contributed by atoms with Crippen LogP contribution in [-0.2, 0) is 32.1 Å². The van der Waals surface area contributed by atoms with Crippen molar-refractivity contribution in [1.82, 2.24) is 0 Å². The van der Waals surface area contributed by atoms with Crippen LogP contribution in [0.15, 0.2) is 56.5 Å². The topological polar surface area (TPSA) is 0 Å². The molecule has 0 N–H and O–H groups in total. The Labute approximate surface area is 242 Å². The Morgan fingerprint density at radius 2 is 1.19 bits per heavy atom. The summed E-state index contributed by atoms with van der Waals surface area (Å²) in [5.74, 6) is 0.553. The standard InChI is InChI=1S/C21H25.C10H17Si.CH2.2ClH.Zr/c1-20(2,3)16-7-9-18-14(12-16)11-15-13-17(21(4,5)6)8-10-19(15)18;1-8-6-9(2)10(7-8)11(3,4)5;;;;/h7-13H,1-6H3;7-8H,1-5H3;1H2;2*1H;/q;;;;;+2/p-2. The Morgan fingerprint density at radius 1 is 0.778 bits per heavy atom. The van der Waals surface area contributed by atoms with Crippen molar-refractivity contribution in [1.29, 1.82) is 0 Å². The Bertz CT molecular complexity index is 1180. The van der Waals surface area contributed by atoms with Crippen molar-refractivity contribution in [2.75, 3.05) is 0 Å². The summed E-state index contributed by atoms with van der Waals surface area (Å²) in [4.78, 5) is 0. The van der Waals surface area contributed by atoms with Crippen molar-refractivity contribution in [3.8, 4) is 11.1 Å². The first-order valence-corrected chi connectivity index (χ1v) is 20.8. The van der Waals surface area contributed by atoms with Crippen LogP contribution in [0.1, 0.15) is 81.3 Å². The summed E-state index contributed by atoms with van der Waals surface area (Å²) in [6.07, 6.45) is 2.61. The normalized spacial score (nSPS) is 17.5. The first-order chi connectivity index (χ1) is 15.5. The molecule has 1 atom stereocenters. The monoisotopic (exact) mass is 616 g/mol. The van der Waals surface area contributed by atoms with Crippen molar-refractivity contribution < 1.29 is 46.1 Å². The molecule has 2 aromatic rings. The molecule has 0 heterocycles. The van der Waals surface area contributed by atoms with Crippen LogP contribution in [0.5, 0.6) is 0 Å². The third kappa shape index (κ3) is 5.59. The smallest absolute Gasteiger partial charge is 1.00 e. The molecule has 0 aliphatic heterocycles. The maximum atomic E-state index is 5.12. The van der Waals surface area contributed by atoms with Gasteiger partial charge >= 0.3 is 219 Å². The van der Waals surface area contributed by atoms with Crippen LogP contribution in [0.4, 0.5) is 0 Å². The van der Waals surface area contributed by atoms with Gasteiger partial charge in [0, 0.05) is 0 Å². The fourth-order valence-electron chi connectivity index (χ4n) is 6.02. The average molecular weight is 619 g/mol. The SMILES string of the molecule is [CH2]=[Zr+2]([C]1=C(C)C([Si](C)(C)C)=CC1C)[CH]1c2cc(C(C)(C)C)ccc2-c2ccc(C(C)(C)C)cc21.[Cl-].[Cl-]. The Morgan fingerprint density at radius 3 is 1.53 bits per heavy atom. The number of hydrogen-bond acceptors (Lipinski definition) is 0. The molecule has 1 unspecified atom stereocenters. The number of fused-ring (bicyclic) bond motifs is 3. The second kappa shape index (κ2) is 10.6. The molecule has 36 heavy (non-hydrogen) atoms. The maximum absolute atomic E-state index is 5.12.